The van der Waals surface area contributed by atoms with Crippen molar-refractivity contribution in [2.75, 3.05) is 6.26 Å². The number of fused-ring (bicyclic) bond motifs is 1. The van der Waals surface area contributed by atoms with Crippen LogP contribution in [0.4, 0.5) is 13.2 Å². The van der Waals surface area contributed by atoms with Gasteiger partial charge in [-0.05, 0) is 47.0 Å². The molecule has 1 heterocycles. The first-order valence-electron chi connectivity index (χ1n) is 9.97. The summed E-state index contributed by atoms with van der Waals surface area (Å²) in [6, 6.07) is 12.7. The minimum atomic E-state index is -4.43. The van der Waals surface area contributed by atoms with Gasteiger partial charge >= 0.3 is 6.18 Å². The number of rotatable bonds is 5. The summed E-state index contributed by atoms with van der Waals surface area (Å²) in [5, 5.41) is 2.84. The molecule has 170 valence electrons. The van der Waals surface area contributed by atoms with Crippen LogP contribution in [0.25, 0.3) is 16.8 Å². The van der Waals surface area contributed by atoms with E-state index >= 15 is 0 Å². The lowest BCUT2D eigenvalue weighted by molar-refractivity contribution is -0.137. The van der Waals surface area contributed by atoms with Gasteiger partial charge in [-0.2, -0.15) is 13.2 Å². The minimum absolute atomic E-state index is 0.0799. The molecule has 0 bridgehead atoms. The number of nitrogens with one attached hydrogen (secondary N) is 1. The second kappa shape index (κ2) is 8.47. The zero-order valence-corrected chi connectivity index (χ0v) is 18.3. The summed E-state index contributed by atoms with van der Waals surface area (Å²) in [6.07, 6.45) is 0.626. The number of alkyl halides is 3. The summed E-state index contributed by atoms with van der Waals surface area (Å²) in [5.41, 5.74) is 3.33. The van der Waals surface area contributed by atoms with Crippen LogP contribution in [-0.4, -0.2) is 25.6 Å². The Morgan fingerprint density at radius 2 is 1.70 bits per heavy atom. The van der Waals surface area contributed by atoms with Gasteiger partial charge in [0.15, 0.2) is 9.84 Å². The zero-order chi connectivity index (χ0) is 23.8. The van der Waals surface area contributed by atoms with Crippen LogP contribution in [0.1, 0.15) is 22.4 Å². The second-order valence-electron chi connectivity index (χ2n) is 7.72. The molecule has 33 heavy (non-hydrogen) atoms. The van der Waals surface area contributed by atoms with Gasteiger partial charge in [0.25, 0.3) is 0 Å². The Labute approximate surface area is 188 Å². The van der Waals surface area contributed by atoms with E-state index < -0.39 is 21.6 Å². The molecule has 2 aromatic carbocycles. The van der Waals surface area contributed by atoms with Crippen LogP contribution in [0, 0.1) is 0 Å². The van der Waals surface area contributed by atoms with Crippen molar-refractivity contribution in [3.05, 3.63) is 89.3 Å². The maximum absolute atomic E-state index is 12.7. The normalized spacial score (nSPS) is 13.4. The van der Waals surface area contributed by atoms with Gasteiger partial charge in [-0.1, -0.05) is 30.3 Å². The van der Waals surface area contributed by atoms with Gasteiger partial charge in [-0.25, -0.2) is 8.42 Å². The zero-order valence-electron chi connectivity index (χ0n) is 17.5. The van der Waals surface area contributed by atoms with Crippen LogP contribution < -0.4 is 5.32 Å². The summed E-state index contributed by atoms with van der Waals surface area (Å²) in [7, 11) is -3.32. The lowest BCUT2D eigenvalue weighted by Gasteiger charge is -2.14. The molecule has 4 rings (SSSR count). The third-order valence-corrected chi connectivity index (χ3v) is 6.44. The third kappa shape index (κ3) is 4.98. The highest BCUT2D eigenvalue weighted by Crippen LogP contribution is 2.34. The van der Waals surface area contributed by atoms with Crippen molar-refractivity contribution in [3.63, 3.8) is 0 Å². The lowest BCUT2D eigenvalue weighted by atomic mass is 9.99. The molecule has 0 atom stereocenters. The first kappa shape index (κ1) is 22.7. The molecule has 1 amide bonds. The number of amides is 1. The van der Waals surface area contributed by atoms with E-state index in [1.807, 2.05) is 6.08 Å². The summed E-state index contributed by atoms with van der Waals surface area (Å²) in [5.74, 6) is -0.365. The predicted octanol–water partition coefficient (Wildman–Crippen LogP) is 4.43. The fraction of sp³-hybridized carbons (Fsp3) is 0.167. The van der Waals surface area contributed by atoms with Gasteiger partial charge in [-0.3, -0.25) is 9.78 Å². The molecule has 0 spiro atoms. The fourth-order valence-corrected chi connectivity index (χ4v) is 4.32. The Balaban J connectivity index is 1.54. The average molecular weight is 472 g/mol. The first-order valence-corrected chi connectivity index (χ1v) is 11.9. The van der Waals surface area contributed by atoms with Crippen molar-refractivity contribution in [1.29, 1.82) is 0 Å². The average Bonchev–Trinajstić information content (AvgIpc) is 3.16. The highest BCUT2D eigenvalue weighted by molar-refractivity contribution is 7.90. The molecule has 0 saturated heterocycles. The number of allylic oxidation sites excluding steroid dienone is 1. The van der Waals surface area contributed by atoms with E-state index in [0.717, 1.165) is 40.8 Å². The SMILES string of the molecule is CS(=O)(=O)c1ccc(-c2ccnc3c2C(NC(=O)Cc2ccc(C(F)(F)F)cc2)=CC3)cc1. The van der Waals surface area contributed by atoms with E-state index in [2.05, 4.69) is 10.3 Å². The number of aromatic nitrogens is 1. The molecule has 3 aromatic rings. The Morgan fingerprint density at radius 3 is 2.30 bits per heavy atom. The Morgan fingerprint density at radius 1 is 1.03 bits per heavy atom. The van der Waals surface area contributed by atoms with Crippen LogP contribution in [0.5, 0.6) is 0 Å². The van der Waals surface area contributed by atoms with E-state index in [9.17, 15) is 26.4 Å². The highest BCUT2D eigenvalue weighted by atomic mass is 32.2. The van der Waals surface area contributed by atoms with Crippen molar-refractivity contribution in [1.82, 2.24) is 10.3 Å². The van der Waals surface area contributed by atoms with E-state index in [4.69, 9.17) is 0 Å². The Kier molecular flexibility index (Phi) is 5.84. The van der Waals surface area contributed by atoms with E-state index in [1.54, 1.807) is 24.4 Å². The van der Waals surface area contributed by atoms with Gasteiger partial charge in [-0.15, -0.1) is 0 Å². The highest BCUT2D eigenvalue weighted by Gasteiger charge is 2.30. The molecule has 0 unspecified atom stereocenters. The van der Waals surface area contributed by atoms with Crippen LogP contribution in [0.3, 0.4) is 0 Å². The molecule has 0 saturated carbocycles. The number of pyridine rings is 1. The molecular weight excluding hydrogens is 453 g/mol. The molecule has 9 heteroatoms. The lowest BCUT2D eigenvalue weighted by Crippen LogP contribution is -2.23. The summed E-state index contributed by atoms with van der Waals surface area (Å²) in [6.45, 7) is 0. The molecule has 5 nitrogen and oxygen atoms in total. The summed E-state index contributed by atoms with van der Waals surface area (Å²) >= 11 is 0. The number of sulfone groups is 1. The van der Waals surface area contributed by atoms with Gasteiger partial charge in [0.05, 0.1) is 22.6 Å². The van der Waals surface area contributed by atoms with Crippen molar-refractivity contribution in [2.45, 2.75) is 23.9 Å². The van der Waals surface area contributed by atoms with Crippen molar-refractivity contribution in [3.8, 4) is 11.1 Å². The molecule has 0 fully saturated rings. The Bertz CT molecular complexity index is 1350. The number of halogens is 3. The molecule has 1 aliphatic rings. The van der Waals surface area contributed by atoms with Crippen molar-refractivity contribution >= 4 is 21.4 Å². The first-order chi connectivity index (χ1) is 15.5. The van der Waals surface area contributed by atoms with Gasteiger partial charge in [0.2, 0.25) is 5.91 Å². The number of hydrogen-bond donors (Lipinski definition) is 1. The van der Waals surface area contributed by atoms with Gasteiger partial charge in [0.1, 0.15) is 0 Å². The summed E-state index contributed by atoms with van der Waals surface area (Å²) < 4.78 is 61.7. The second-order valence-corrected chi connectivity index (χ2v) is 9.73. The molecule has 0 aliphatic heterocycles. The molecular formula is C24H19F3N2O3S. The van der Waals surface area contributed by atoms with E-state index in [-0.39, 0.29) is 17.2 Å². The number of carbonyl (C=O) groups excluding carboxylic acids is 1. The van der Waals surface area contributed by atoms with Crippen LogP contribution in [0.15, 0.2) is 71.8 Å². The topological polar surface area (TPSA) is 76.1 Å². The predicted molar refractivity (Wildman–Crippen MR) is 118 cm³/mol. The van der Waals surface area contributed by atoms with Crippen LogP contribution in [0.2, 0.25) is 0 Å². The molecule has 1 aliphatic carbocycles. The maximum atomic E-state index is 12.7. The number of carbonyl (C=O) groups is 1. The number of hydrogen-bond acceptors (Lipinski definition) is 4. The molecule has 0 radical (unpaired) electrons. The van der Waals surface area contributed by atoms with E-state index in [1.165, 1.54) is 24.3 Å². The fourth-order valence-electron chi connectivity index (χ4n) is 3.69. The summed E-state index contributed by atoms with van der Waals surface area (Å²) in [4.78, 5) is 17.2. The third-order valence-electron chi connectivity index (χ3n) is 5.31. The maximum Gasteiger partial charge on any atom is 0.416 e. The molecule has 1 N–H and O–H groups in total. The monoisotopic (exact) mass is 472 g/mol. The number of benzene rings is 2. The Hall–Kier alpha value is -3.46. The van der Waals surface area contributed by atoms with Crippen LogP contribution >= 0.6 is 0 Å². The van der Waals surface area contributed by atoms with E-state index in [0.29, 0.717) is 17.7 Å². The minimum Gasteiger partial charge on any atom is -0.325 e. The smallest absolute Gasteiger partial charge is 0.325 e. The quantitative estimate of drug-likeness (QED) is 0.596. The number of nitrogens with zero attached hydrogens (tertiary/aromatic N) is 1. The van der Waals surface area contributed by atoms with Crippen molar-refractivity contribution < 1.29 is 26.4 Å². The largest absolute Gasteiger partial charge is 0.416 e. The van der Waals surface area contributed by atoms with Gasteiger partial charge in [0, 0.05) is 30.1 Å². The molecule has 1 aromatic heterocycles. The van der Waals surface area contributed by atoms with Crippen LogP contribution in [-0.2, 0) is 33.6 Å². The van der Waals surface area contributed by atoms with Gasteiger partial charge < -0.3 is 5.32 Å². The van der Waals surface area contributed by atoms with Crippen molar-refractivity contribution in [2.24, 2.45) is 0 Å². The standard InChI is InChI=1S/C24H19F3N2O3S/c1-33(31,32)18-8-4-16(5-9-18)19-12-13-28-20-10-11-21(23(19)20)29-22(30)14-15-2-6-17(7-3-15)24(25,26)27/h2-9,11-13H,10,14H2,1H3,(H,29,30).